The van der Waals surface area contributed by atoms with Gasteiger partial charge in [0, 0.05) is 24.6 Å². The highest BCUT2D eigenvalue weighted by Gasteiger charge is 2.34. The van der Waals surface area contributed by atoms with Crippen molar-refractivity contribution in [3.8, 4) is 6.07 Å². The molecule has 1 amide bonds. The number of nitriles is 1. The molecule has 2 atom stereocenters. The SMILES string of the molecule is C[C@@H](C(=O)Nc1ccc(C#N)cc1)N1CCC[C@@H]1c1cccn1C. The summed E-state index contributed by atoms with van der Waals surface area (Å²) in [6.07, 6.45) is 4.23. The van der Waals surface area contributed by atoms with Crippen LogP contribution in [0.1, 0.15) is 37.1 Å². The molecule has 1 saturated heterocycles. The molecule has 0 spiro atoms. The van der Waals surface area contributed by atoms with Crippen LogP contribution in [0.3, 0.4) is 0 Å². The van der Waals surface area contributed by atoms with Crippen LogP contribution in [0.15, 0.2) is 42.6 Å². The number of nitrogens with one attached hydrogen (secondary N) is 1. The van der Waals surface area contributed by atoms with Crippen LogP contribution in [-0.4, -0.2) is 28.0 Å². The highest BCUT2D eigenvalue weighted by atomic mass is 16.2. The molecule has 124 valence electrons. The Labute approximate surface area is 142 Å². The molecule has 0 bridgehead atoms. The summed E-state index contributed by atoms with van der Waals surface area (Å²) in [6, 6.07) is 13.3. The lowest BCUT2D eigenvalue weighted by Gasteiger charge is -2.30. The Morgan fingerprint density at radius 3 is 2.71 bits per heavy atom. The number of amides is 1. The van der Waals surface area contributed by atoms with Crippen molar-refractivity contribution in [2.45, 2.75) is 31.8 Å². The number of anilines is 1. The maximum Gasteiger partial charge on any atom is 0.241 e. The van der Waals surface area contributed by atoms with Gasteiger partial charge in [-0.2, -0.15) is 5.26 Å². The van der Waals surface area contributed by atoms with E-state index in [0.29, 0.717) is 5.56 Å². The first-order chi connectivity index (χ1) is 11.6. The molecule has 1 fully saturated rings. The van der Waals surface area contributed by atoms with Gasteiger partial charge >= 0.3 is 0 Å². The molecule has 5 nitrogen and oxygen atoms in total. The standard InChI is InChI=1S/C19H22N4O/c1-14(19(24)21-16-9-7-15(13-20)8-10-16)23-12-4-6-18(23)17-5-3-11-22(17)2/h3,5,7-11,14,18H,4,6,12H2,1-2H3,(H,21,24)/t14-,18+/m0/s1. The van der Waals surface area contributed by atoms with E-state index in [0.717, 1.165) is 25.1 Å². The zero-order valence-corrected chi connectivity index (χ0v) is 14.1. The number of hydrogen-bond donors (Lipinski definition) is 1. The van der Waals surface area contributed by atoms with Crippen molar-refractivity contribution >= 4 is 11.6 Å². The fraction of sp³-hybridized carbons (Fsp3) is 0.368. The molecule has 1 N–H and O–H groups in total. The number of nitrogens with zero attached hydrogens (tertiary/aromatic N) is 3. The van der Waals surface area contributed by atoms with Gasteiger partial charge in [0.25, 0.3) is 0 Å². The number of carbonyl (C=O) groups is 1. The van der Waals surface area contributed by atoms with Crippen LogP contribution in [0.2, 0.25) is 0 Å². The van der Waals surface area contributed by atoms with E-state index in [4.69, 9.17) is 5.26 Å². The number of likely N-dealkylation sites (tertiary alicyclic amines) is 1. The van der Waals surface area contributed by atoms with E-state index in [9.17, 15) is 4.79 Å². The summed E-state index contributed by atoms with van der Waals surface area (Å²) in [4.78, 5) is 14.9. The van der Waals surface area contributed by atoms with Crippen LogP contribution in [-0.2, 0) is 11.8 Å². The van der Waals surface area contributed by atoms with Crippen molar-refractivity contribution in [3.63, 3.8) is 0 Å². The first kappa shape index (κ1) is 16.3. The van der Waals surface area contributed by atoms with E-state index in [2.05, 4.69) is 26.9 Å². The fourth-order valence-corrected chi connectivity index (χ4v) is 3.42. The van der Waals surface area contributed by atoms with Crippen LogP contribution < -0.4 is 5.32 Å². The second-order valence-corrected chi connectivity index (χ2v) is 6.29. The lowest BCUT2D eigenvalue weighted by molar-refractivity contribution is -0.121. The highest BCUT2D eigenvalue weighted by Crippen LogP contribution is 2.33. The van der Waals surface area contributed by atoms with Crippen molar-refractivity contribution in [3.05, 3.63) is 53.9 Å². The average Bonchev–Trinajstić information content (AvgIpc) is 3.23. The maximum absolute atomic E-state index is 12.6. The lowest BCUT2D eigenvalue weighted by Crippen LogP contribution is -2.42. The minimum atomic E-state index is -0.206. The van der Waals surface area contributed by atoms with Gasteiger partial charge in [-0.3, -0.25) is 9.69 Å². The topological polar surface area (TPSA) is 61.1 Å². The second kappa shape index (κ2) is 6.90. The van der Waals surface area contributed by atoms with E-state index in [1.807, 2.05) is 26.2 Å². The first-order valence-corrected chi connectivity index (χ1v) is 8.28. The highest BCUT2D eigenvalue weighted by molar-refractivity contribution is 5.94. The van der Waals surface area contributed by atoms with Crippen molar-refractivity contribution in [2.75, 3.05) is 11.9 Å². The third-order valence-electron chi connectivity index (χ3n) is 4.78. The van der Waals surface area contributed by atoms with Crippen LogP contribution >= 0.6 is 0 Å². The monoisotopic (exact) mass is 322 g/mol. The second-order valence-electron chi connectivity index (χ2n) is 6.29. The molecule has 24 heavy (non-hydrogen) atoms. The number of aromatic nitrogens is 1. The molecule has 0 radical (unpaired) electrons. The van der Waals surface area contributed by atoms with E-state index in [1.165, 1.54) is 5.69 Å². The third-order valence-corrected chi connectivity index (χ3v) is 4.78. The fourth-order valence-electron chi connectivity index (χ4n) is 3.42. The Bertz CT molecular complexity index is 756. The summed E-state index contributed by atoms with van der Waals surface area (Å²) >= 11 is 0. The molecule has 1 aromatic carbocycles. The van der Waals surface area contributed by atoms with Crippen LogP contribution in [0.25, 0.3) is 0 Å². The Kier molecular flexibility index (Phi) is 4.68. The zero-order valence-electron chi connectivity index (χ0n) is 14.1. The van der Waals surface area contributed by atoms with Gasteiger partial charge < -0.3 is 9.88 Å². The zero-order chi connectivity index (χ0) is 17.1. The van der Waals surface area contributed by atoms with Crippen molar-refractivity contribution in [1.29, 1.82) is 5.26 Å². The molecule has 2 aromatic rings. The summed E-state index contributed by atoms with van der Waals surface area (Å²) in [5.74, 6) is -0.0131. The van der Waals surface area contributed by atoms with Gasteiger partial charge in [0.2, 0.25) is 5.91 Å². The molecule has 1 aliphatic heterocycles. The van der Waals surface area contributed by atoms with Crippen LogP contribution in [0, 0.1) is 11.3 Å². The molecule has 0 saturated carbocycles. The maximum atomic E-state index is 12.6. The van der Waals surface area contributed by atoms with Gasteiger partial charge in [0.1, 0.15) is 0 Å². The molecule has 0 aliphatic carbocycles. The predicted octanol–water partition coefficient (Wildman–Crippen LogP) is 3.06. The molecule has 1 aliphatic rings. The summed E-state index contributed by atoms with van der Waals surface area (Å²) < 4.78 is 2.13. The summed E-state index contributed by atoms with van der Waals surface area (Å²) in [5.41, 5.74) is 2.57. The van der Waals surface area contributed by atoms with Gasteiger partial charge in [-0.1, -0.05) is 0 Å². The molecule has 2 heterocycles. The van der Waals surface area contributed by atoms with E-state index in [1.54, 1.807) is 24.3 Å². The largest absolute Gasteiger partial charge is 0.353 e. The number of carbonyl (C=O) groups excluding carboxylic acids is 1. The van der Waals surface area contributed by atoms with Crippen molar-refractivity contribution in [1.82, 2.24) is 9.47 Å². The van der Waals surface area contributed by atoms with E-state index >= 15 is 0 Å². The predicted molar refractivity (Wildman–Crippen MR) is 93.3 cm³/mol. The molecular weight excluding hydrogens is 300 g/mol. The van der Waals surface area contributed by atoms with Crippen LogP contribution in [0.4, 0.5) is 5.69 Å². The van der Waals surface area contributed by atoms with Crippen LogP contribution in [0.5, 0.6) is 0 Å². The van der Waals surface area contributed by atoms with E-state index in [-0.39, 0.29) is 18.0 Å². The minimum Gasteiger partial charge on any atom is -0.353 e. The molecule has 1 aromatic heterocycles. The molecular formula is C19H22N4O. The lowest BCUT2D eigenvalue weighted by atomic mass is 10.1. The summed E-state index contributed by atoms with van der Waals surface area (Å²) in [6.45, 7) is 2.89. The van der Waals surface area contributed by atoms with Gasteiger partial charge in [0.05, 0.1) is 23.7 Å². The van der Waals surface area contributed by atoms with Crippen molar-refractivity contribution < 1.29 is 4.79 Å². The Morgan fingerprint density at radius 1 is 1.33 bits per heavy atom. The molecule has 5 heteroatoms. The number of rotatable bonds is 4. The van der Waals surface area contributed by atoms with E-state index < -0.39 is 0 Å². The van der Waals surface area contributed by atoms with Gasteiger partial charge in [0.15, 0.2) is 0 Å². The molecule has 0 unspecified atom stereocenters. The third kappa shape index (κ3) is 3.19. The molecule has 3 rings (SSSR count). The summed E-state index contributed by atoms with van der Waals surface area (Å²) in [5, 5.41) is 11.8. The normalized spacial score (nSPS) is 19.0. The Morgan fingerprint density at radius 2 is 2.08 bits per heavy atom. The quantitative estimate of drug-likeness (QED) is 0.941. The summed E-state index contributed by atoms with van der Waals surface area (Å²) in [7, 11) is 2.05. The minimum absolute atomic E-state index is 0.0131. The number of hydrogen-bond acceptors (Lipinski definition) is 3. The number of benzene rings is 1. The Balaban J connectivity index is 1.70. The Hall–Kier alpha value is -2.58. The number of aryl methyl sites for hydroxylation is 1. The van der Waals surface area contributed by atoms with Gasteiger partial charge in [-0.25, -0.2) is 0 Å². The van der Waals surface area contributed by atoms with Gasteiger partial charge in [-0.15, -0.1) is 0 Å². The van der Waals surface area contributed by atoms with Crippen molar-refractivity contribution in [2.24, 2.45) is 7.05 Å². The van der Waals surface area contributed by atoms with Gasteiger partial charge in [-0.05, 0) is 62.7 Å². The smallest absolute Gasteiger partial charge is 0.241 e. The average molecular weight is 322 g/mol. The first-order valence-electron chi connectivity index (χ1n) is 8.28.